The summed E-state index contributed by atoms with van der Waals surface area (Å²) in [7, 11) is 0. The van der Waals surface area contributed by atoms with E-state index in [2.05, 4.69) is 11.6 Å². The first-order valence-electron chi connectivity index (χ1n) is 10.1. The molecule has 0 saturated carbocycles. The zero-order chi connectivity index (χ0) is 32.1. The molecule has 0 aliphatic heterocycles. The van der Waals surface area contributed by atoms with E-state index in [0.29, 0.717) is 6.07 Å². The summed E-state index contributed by atoms with van der Waals surface area (Å²) in [6.07, 6.45) is 0. The number of hydrogen-bond acceptors (Lipinski definition) is 2. The van der Waals surface area contributed by atoms with Crippen molar-refractivity contribution in [2.24, 2.45) is 0 Å². The molecule has 0 saturated heterocycles. The number of carbonyl (C=O) groups is 1. The largest absolute Gasteiger partial charge is 0.455 e. The van der Waals surface area contributed by atoms with Crippen LogP contribution < -0.4 is 10.1 Å². The summed E-state index contributed by atoms with van der Waals surface area (Å²) >= 11 is 3.46. The first kappa shape index (κ1) is 34.1. The van der Waals surface area contributed by atoms with Crippen molar-refractivity contribution in [1.82, 2.24) is 0 Å². The number of carbonyl (C=O) groups excluding carboxylic acids is 1. The second kappa shape index (κ2) is 10.3. The van der Waals surface area contributed by atoms with E-state index in [0.717, 1.165) is 23.5 Å². The lowest BCUT2D eigenvalue weighted by molar-refractivity contribution is -0.445. The van der Waals surface area contributed by atoms with Crippen molar-refractivity contribution in [3.8, 4) is 11.5 Å². The monoisotopic (exact) mass is 647 g/mol. The van der Waals surface area contributed by atoms with Crippen molar-refractivity contribution in [2.45, 2.75) is 46.8 Å². The van der Waals surface area contributed by atoms with Gasteiger partial charge in [0.1, 0.15) is 5.75 Å². The number of ether oxygens (including phenoxy) is 1. The standard InChI is InChI=1S/C21H10ClF16NO2/c22-21(37,38)20(35,36)19(33,34)18(31,32)17(29,30)16(27,28)15(25,26)14(23,24)13(40)39-11-8-4-5-9-12(11)41-10-6-2-1-3-7-10/h1-9H,(H,39,40). The molecule has 2 aromatic rings. The summed E-state index contributed by atoms with van der Waals surface area (Å²) < 4.78 is 223. The molecule has 3 nitrogen and oxygen atoms in total. The van der Waals surface area contributed by atoms with Gasteiger partial charge in [-0.3, -0.25) is 4.79 Å². The van der Waals surface area contributed by atoms with E-state index in [1.807, 2.05) is 0 Å². The maximum atomic E-state index is 14.2. The summed E-state index contributed by atoms with van der Waals surface area (Å²) in [6, 6.07) is 10.1. The first-order chi connectivity index (χ1) is 18.2. The highest BCUT2D eigenvalue weighted by atomic mass is 35.5. The molecule has 2 aromatic carbocycles. The minimum absolute atomic E-state index is 0.0973. The smallest absolute Gasteiger partial charge is 0.393 e. The summed E-state index contributed by atoms with van der Waals surface area (Å²) in [4.78, 5) is 11.8. The second-order valence-corrected chi connectivity index (χ2v) is 8.36. The van der Waals surface area contributed by atoms with Crippen molar-refractivity contribution in [2.75, 3.05) is 5.32 Å². The van der Waals surface area contributed by atoms with Crippen LogP contribution >= 0.6 is 11.6 Å². The quantitative estimate of drug-likeness (QED) is 0.196. The Morgan fingerprint density at radius 2 is 0.951 bits per heavy atom. The van der Waals surface area contributed by atoms with Crippen LogP contribution in [0.1, 0.15) is 0 Å². The normalized spacial score (nSPS) is 14.6. The third-order valence-corrected chi connectivity index (χ3v) is 5.35. The van der Waals surface area contributed by atoms with E-state index in [1.165, 1.54) is 30.3 Å². The Bertz CT molecular complexity index is 1250. The molecular weight excluding hydrogens is 638 g/mol. The van der Waals surface area contributed by atoms with Crippen LogP contribution in [0.25, 0.3) is 0 Å². The minimum Gasteiger partial charge on any atom is -0.455 e. The minimum atomic E-state index is -8.67. The van der Waals surface area contributed by atoms with Crippen molar-refractivity contribution in [3.63, 3.8) is 0 Å². The highest BCUT2D eigenvalue weighted by Gasteiger charge is 2.95. The van der Waals surface area contributed by atoms with Gasteiger partial charge in [0.2, 0.25) is 0 Å². The lowest BCUT2D eigenvalue weighted by Crippen LogP contribution is -2.75. The van der Waals surface area contributed by atoms with E-state index < -0.39 is 64.2 Å². The molecule has 0 fully saturated rings. The summed E-state index contributed by atoms with van der Waals surface area (Å²) in [6.45, 7) is 0. The Balaban J connectivity index is 2.51. The third-order valence-electron chi connectivity index (χ3n) is 5.11. The molecule has 0 aliphatic carbocycles. The number of amides is 1. The number of anilines is 1. The predicted octanol–water partition coefficient (Wildman–Crippen LogP) is 8.70. The molecule has 2 rings (SSSR count). The van der Waals surface area contributed by atoms with Crippen LogP contribution in [0.3, 0.4) is 0 Å². The highest BCUT2D eigenvalue weighted by Crippen LogP contribution is 2.64. The van der Waals surface area contributed by atoms with Gasteiger partial charge in [-0.05, 0) is 35.9 Å². The van der Waals surface area contributed by atoms with Crippen LogP contribution in [-0.4, -0.2) is 52.7 Å². The summed E-state index contributed by atoms with van der Waals surface area (Å²) in [5.41, 5.74) is -1.03. The van der Waals surface area contributed by atoms with Gasteiger partial charge in [0, 0.05) is 0 Å². The molecule has 0 unspecified atom stereocenters. The average Bonchev–Trinajstić information content (AvgIpc) is 2.84. The Morgan fingerprint density at radius 3 is 1.41 bits per heavy atom. The molecule has 0 aliphatic rings. The molecule has 0 atom stereocenters. The van der Waals surface area contributed by atoms with Crippen molar-refractivity contribution < 1.29 is 79.8 Å². The van der Waals surface area contributed by atoms with Crippen LogP contribution in [0.4, 0.5) is 75.9 Å². The SMILES string of the molecule is O=C(Nc1ccccc1Oc1ccccc1)C(F)(F)C(F)(F)C(F)(F)C(F)(F)C(F)(F)C(F)(F)C(F)(F)C(F)(F)Cl. The van der Waals surface area contributed by atoms with Crippen molar-refractivity contribution in [1.29, 1.82) is 0 Å². The molecule has 0 radical (unpaired) electrons. The zero-order valence-electron chi connectivity index (χ0n) is 18.9. The van der Waals surface area contributed by atoms with Crippen LogP contribution in [0.2, 0.25) is 0 Å². The molecule has 0 bridgehead atoms. The third kappa shape index (κ3) is 5.20. The maximum absolute atomic E-state index is 14.2. The molecule has 0 heterocycles. The molecule has 0 aromatic heterocycles. The fraction of sp³-hybridized carbons (Fsp3) is 0.381. The number of alkyl halides is 17. The van der Waals surface area contributed by atoms with E-state index >= 15 is 0 Å². The van der Waals surface area contributed by atoms with Crippen LogP contribution in [0.15, 0.2) is 54.6 Å². The molecule has 230 valence electrons. The van der Waals surface area contributed by atoms with Gasteiger partial charge < -0.3 is 10.1 Å². The molecule has 1 amide bonds. The Morgan fingerprint density at radius 1 is 0.561 bits per heavy atom. The predicted molar refractivity (Wildman–Crippen MR) is 107 cm³/mol. The van der Waals surface area contributed by atoms with Crippen LogP contribution in [-0.2, 0) is 4.79 Å². The zero-order valence-corrected chi connectivity index (χ0v) is 19.7. The van der Waals surface area contributed by atoms with Gasteiger partial charge >= 0.3 is 52.7 Å². The summed E-state index contributed by atoms with van der Waals surface area (Å²) in [5, 5.41) is -6.01. The highest BCUT2D eigenvalue weighted by molar-refractivity contribution is 6.22. The number of benzene rings is 2. The van der Waals surface area contributed by atoms with Gasteiger partial charge in [0.25, 0.3) is 0 Å². The van der Waals surface area contributed by atoms with E-state index in [1.54, 1.807) is 0 Å². The lowest BCUT2D eigenvalue weighted by atomic mass is 9.89. The number of nitrogens with one attached hydrogen (secondary N) is 1. The van der Waals surface area contributed by atoms with Crippen LogP contribution in [0.5, 0.6) is 11.5 Å². The Hall–Kier alpha value is -3.12. The Kier molecular flexibility index (Phi) is 8.57. The van der Waals surface area contributed by atoms with E-state index in [9.17, 15) is 75.0 Å². The second-order valence-electron chi connectivity index (χ2n) is 7.88. The first-order valence-corrected chi connectivity index (χ1v) is 10.4. The van der Waals surface area contributed by atoms with E-state index in [4.69, 9.17) is 4.74 Å². The van der Waals surface area contributed by atoms with Gasteiger partial charge in [0.15, 0.2) is 5.75 Å². The average molecular weight is 648 g/mol. The fourth-order valence-electron chi connectivity index (χ4n) is 2.78. The number of hydrogen-bond donors (Lipinski definition) is 1. The number of halogens is 17. The molecule has 41 heavy (non-hydrogen) atoms. The van der Waals surface area contributed by atoms with Crippen molar-refractivity contribution >= 4 is 23.2 Å². The molecular formula is C21H10ClF16NO2. The van der Waals surface area contributed by atoms with E-state index in [-0.39, 0.29) is 5.75 Å². The fourth-order valence-corrected chi connectivity index (χ4v) is 2.90. The lowest BCUT2D eigenvalue weighted by Gasteiger charge is -2.42. The molecule has 0 spiro atoms. The molecule has 1 N–H and O–H groups in total. The molecule has 20 heteroatoms. The van der Waals surface area contributed by atoms with Gasteiger partial charge in [-0.25, -0.2) is 0 Å². The van der Waals surface area contributed by atoms with Gasteiger partial charge in [0.05, 0.1) is 5.69 Å². The van der Waals surface area contributed by atoms with Crippen molar-refractivity contribution in [3.05, 3.63) is 54.6 Å². The van der Waals surface area contributed by atoms with Gasteiger partial charge in [-0.15, -0.1) is 0 Å². The topological polar surface area (TPSA) is 38.3 Å². The maximum Gasteiger partial charge on any atom is 0.393 e. The van der Waals surface area contributed by atoms with Gasteiger partial charge in [-0.1, -0.05) is 30.3 Å². The van der Waals surface area contributed by atoms with Gasteiger partial charge in [-0.2, -0.15) is 70.2 Å². The summed E-state index contributed by atoms with van der Waals surface area (Å²) in [5.74, 6) is -61.7. The van der Waals surface area contributed by atoms with Crippen LogP contribution in [0, 0.1) is 0 Å². The Labute approximate surface area is 222 Å². The number of rotatable bonds is 11. The number of para-hydroxylation sites is 3.